The second kappa shape index (κ2) is 2.64. The standard InChI is InChI=1S/C8H6.Pb.2H/c1-2-4-8-6-5-7(8)3-1;;;/h1-6H;;;. The molecule has 0 aromatic heterocycles. The van der Waals surface area contributed by atoms with Crippen LogP contribution in [-0.4, -0.2) is 27.3 Å². The molecular formula is C8H8Pb. The molecular weight excluding hydrogens is 303 g/mol. The van der Waals surface area contributed by atoms with Crippen LogP contribution in [0.4, 0.5) is 0 Å². The number of hydrogen-bond acceptors (Lipinski definition) is 0. The van der Waals surface area contributed by atoms with Gasteiger partial charge in [-0.1, -0.05) is 36.4 Å². The molecule has 0 saturated heterocycles. The van der Waals surface area contributed by atoms with E-state index in [0.29, 0.717) is 0 Å². The Hall–Kier alpha value is -0.118. The third-order valence-electron chi connectivity index (χ3n) is 1.44. The topological polar surface area (TPSA) is 0 Å². The summed E-state index contributed by atoms with van der Waals surface area (Å²) in [6, 6.07) is 8.36. The predicted molar refractivity (Wildman–Crippen MR) is 43.9 cm³/mol. The molecule has 0 saturated carbocycles. The third-order valence-corrected chi connectivity index (χ3v) is 1.44. The minimum absolute atomic E-state index is 0. The molecule has 0 amide bonds. The van der Waals surface area contributed by atoms with Crippen molar-refractivity contribution in [3.63, 3.8) is 0 Å². The van der Waals surface area contributed by atoms with Crippen LogP contribution in [0.15, 0.2) is 24.3 Å². The van der Waals surface area contributed by atoms with Crippen molar-refractivity contribution < 1.29 is 0 Å². The van der Waals surface area contributed by atoms with E-state index in [4.69, 9.17) is 0 Å². The van der Waals surface area contributed by atoms with Crippen molar-refractivity contribution in [2.75, 3.05) is 0 Å². The summed E-state index contributed by atoms with van der Waals surface area (Å²) in [5.41, 5.74) is 2.74. The van der Waals surface area contributed by atoms with E-state index in [1.807, 2.05) is 0 Å². The Labute approximate surface area is 74.7 Å². The van der Waals surface area contributed by atoms with E-state index in [9.17, 15) is 0 Å². The summed E-state index contributed by atoms with van der Waals surface area (Å²) < 4.78 is 0. The molecule has 0 spiro atoms. The molecule has 0 atom stereocenters. The van der Waals surface area contributed by atoms with Crippen molar-refractivity contribution in [2.45, 2.75) is 0 Å². The minimum atomic E-state index is 0. The Morgan fingerprint density at radius 3 is 1.44 bits per heavy atom. The van der Waals surface area contributed by atoms with Gasteiger partial charge in [0.15, 0.2) is 0 Å². The van der Waals surface area contributed by atoms with Crippen LogP contribution >= 0.6 is 0 Å². The zero-order chi connectivity index (χ0) is 5.40. The predicted octanol–water partition coefficient (Wildman–Crippen LogP) is 1.25. The molecule has 0 aliphatic heterocycles. The van der Waals surface area contributed by atoms with Gasteiger partial charge in [-0.05, 0) is 11.1 Å². The molecule has 1 aliphatic rings. The van der Waals surface area contributed by atoms with Gasteiger partial charge >= 0.3 is 27.3 Å². The first-order valence-corrected chi connectivity index (χ1v) is 2.74. The fourth-order valence-electron chi connectivity index (χ4n) is 0.898. The summed E-state index contributed by atoms with van der Waals surface area (Å²) in [6.45, 7) is 0. The Balaban J connectivity index is 0.000000405. The first kappa shape index (κ1) is 6.99. The average Bonchev–Trinajstić information content (AvgIpc) is 1.72. The number of rotatable bonds is 0. The van der Waals surface area contributed by atoms with E-state index in [1.165, 1.54) is 11.1 Å². The molecule has 0 nitrogen and oxygen atoms in total. The number of hydrogen-bond donors (Lipinski definition) is 0. The Bertz CT molecular complexity index is 213. The van der Waals surface area contributed by atoms with E-state index >= 15 is 0 Å². The van der Waals surface area contributed by atoms with Crippen LogP contribution in [0.5, 0.6) is 0 Å². The molecule has 0 bridgehead atoms. The summed E-state index contributed by atoms with van der Waals surface area (Å²) in [6.07, 6.45) is 4.24. The van der Waals surface area contributed by atoms with E-state index in [1.54, 1.807) is 0 Å². The van der Waals surface area contributed by atoms with E-state index in [-0.39, 0.29) is 27.3 Å². The molecule has 0 heterocycles. The van der Waals surface area contributed by atoms with Gasteiger partial charge in [-0.2, -0.15) is 0 Å². The summed E-state index contributed by atoms with van der Waals surface area (Å²) in [5, 5.41) is 0. The van der Waals surface area contributed by atoms with E-state index in [0.717, 1.165) is 0 Å². The quantitative estimate of drug-likeness (QED) is 0.643. The Kier molecular flexibility index (Phi) is 2.06. The molecule has 2 rings (SSSR count). The zero-order valence-electron chi connectivity index (χ0n) is 5.17. The summed E-state index contributed by atoms with van der Waals surface area (Å²) in [5.74, 6) is 0. The van der Waals surface area contributed by atoms with Gasteiger partial charge < -0.3 is 0 Å². The molecule has 0 N–H and O–H groups in total. The van der Waals surface area contributed by atoms with Gasteiger partial charge in [-0.25, -0.2) is 0 Å². The maximum atomic E-state index is 2.12. The van der Waals surface area contributed by atoms with E-state index in [2.05, 4.69) is 36.4 Å². The van der Waals surface area contributed by atoms with Gasteiger partial charge in [0, 0.05) is 0 Å². The van der Waals surface area contributed by atoms with Gasteiger partial charge in [-0.3, -0.25) is 0 Å². The van der Waals surface area contributed by atoms with Crippen LogP contribution in [0.25, 0.3) is 12.2 Å². The summed E-state index contributed by atoms with van der Waals surface area (Å²) >= 11 is 0. The molecule has 1 heteroatoms. The molecule has 1 aromatic carbocycles. The number of fused-ring (bicyclic) bond motifs is 1. The van der Waals surface area contributed by atoms with Crippen molar-refractivity contribution in [1.29, 1.82) is 0 Å². The molecule has 1 aliphatic carbocycles. The molecule has 9 heavy (non-hydrogen) atoms. The first-order valence-electron chi connectivity index (χ1n) is 2.74. The SMILES string of the molecule is C1=Cc2ccccc21.[PbH2]. The van der Waals surface area contributed by atoms with Crippen molar-refractivity contribution in [3.05, 3.63) is 35.4 Å². The van der Waals surface area contributed by atoms with Crippen molar-refractivity contribution in [2.24, 2.45) is 0 Å². The first-order chi connectivity index (χ1) is 3.97. The van der Waals surface area contributed by atoms with Gasteiger partial charge in [0.1, 0.15) is 0 Å². The fraction of sp³-hybridized carbons (Fsp3) is 0. The third kappa shape index (κ3) is 1.08. The van der Waals surface area contributed by atoms with E-state index < -0.39 is 0 Å². The fourth-order valence-corrected chi connectivity index (χ4v) is 0.898. The van der Waals surface area contributed by atoms with Crippen LogP contribution in [0.2, 0.25) is 0 Å². The monoisotopic (exact) mass is 312 g/mol. The van der Waals surface area contributed by atoms with Gasteiger partial charge in [0.25, 0.3) is 0 Å². The molecule has 2 radical (unpaired) electrons. The van der Waals surface area contributed by atoms with Crippen molar-refractivity contribution >= 4 is 39.5 Å². The molecule has 0 fully saturated rings. The van der Waals surface area contributed by atoms with Crippen LogP contribution in [0.3, 0.4) is 0 Å². The van der Waals surface area contributed by atoms with Crippen molar-refractivity contribution in [3.8, 4) is 0 Å². The maximum absolute atomic E-state index is 2.12. The second-order valence-corrected chi connectivity index (χ2v) is 1.96. The second-order valence-electron chi connectivity index (χ2n) is 1.96. The Morgan fingerprint density at radius 2 is 1.22 bits per heavy atom. The van der Waals surface area contributed by atoms with Crippen LogP contribution in [0, 0.1) is 0 Å². The van der Waals surface area contributed by atoms with Crippen LogP contribution < -0.4 is 0 Å². The molecule has 44 valence electrons. The number of benzene rings is 1. The molecule has 0 unspecified atom stereocenters. The van der Waals surface area contributed by atoms with Gasteiger partial charge in [0.2, 0.25) is 0 Å². The summed E-state index contributed by atoms with van der Waals surface area (Å²) in [7, 11) is 0. The van der Waals surface area contributed by atoms with Crippen LogP contribution in [0.1, 0.15) is 11.1 Å². The normalized spacial score (nSPS) is 11.1. The average molecular weight is 311 g/mol. The Morgan fingerprint density at radius 1 is 0.778 bits per heavy atom. The summed E-state index contributed by atoms with van der Waals surface area (Å²) in [4.78, 5) is 0. The van der Waals surface area contributed by atoms with Crippen LogP contribution in [-0.2, 0) is 0 Å². The van der Waals surface area contributed by atoms with Crippen molar-refractivity contribution in [1.82, 2.24) is 0 Å². The van der Waals surface area contributed by atoms with Gasteiger partial charge in [0.05, 0.1) is 0 Å². The van der Waals surface area contributed by atoms with Gasteiger partial charge in [-0.15, -0.1) is 0 Å². The molecule has 1 aromatic rings. The zero-order valence-corrected chi connectivity index (χ0v) is 10.7.